The van der Waals surface area contributed by atoms with Crippen molar-refractivity contribution >= 4 is 38.9 Å². The van der Waals surface area contributed by atoms with Crippen molar-refractivity contribution in [2.24, 2.45) is 0 Å². The van der Waals surface area contributed by atoms with E-state index in [4.69, 9.17) is 11.6 Å². The first-order chi connectivity index (χ1) is 11.1. The summed E-state index contributed by atoms with van der Waals surface area (Å²) in [6.07, 6.45) is 4.50. The lowest BCUT2D eigenvalue weighted by Gasteiger charge is -2.06. The third-order valence-corrected chi connectivity index (χ3v) is 5.71. The number of ketones is 1. The highest BCUT2D eigenvalue weighted by Gasteiger charge is 2.22. The second-order valence-electron chi connectivity index (χ2n) is 5.62. The predicted molar refractivity (Wildman–Crippen MR) is 91.7 cm³/mol. The quantitative estimate of drug-likeness (QED) is 0.683. The summed E-state index contributed by atoms with van der Waals surface area (Å²) in [5.41, 5.74) is 1.42. The molecule has 0 bridgehead atoms. The lowest BCUT2D eigenvalue weighted by molar-refractivity contribution is 0.0971. The molecule has 0 N–H and O–H groups in total. The Morgan fingerprint density at radius 3 is 2.96 bits per heavy atom. The van der Waals surface area contributed by atoms with Gasteiger partial charge in [0.1, 0.15) is 4.83 Å². The molecule has 0 amide bonds. The highest BCUT2D eigenvalue weighted by molar-refractivity contribution is 7.18. The topological polar surface area (TPSA) is 52.0 Å². The van der Waals surface area contributed by atoms with Crippen molar-refractivity contribution in [3.63, 3.8) is 0 Å². The van der Waals surface area contributed by atoms with Gasteiger partial charge in [0.25, 0.3) is 5.56 Å². The molecule has 0 atom stereocenters. The van der Waals surface area contributed by atoms with Crippen LogP contribution in [0.4, 0.5) is 0 Å². The minimum Gasteiger partial charge on any atom is -0.292 e. The fraction of sp³-hybridized carbons (Fsp3) is 0.235. The van der Waals surface area contributed by atoms with Gasteiger partial charge in [-0.05, 0) is 37.0 Å². The number of nitrogens with zero attached hydrogens (tertiary/aromatic N) is 2. The summed E-state index contributed by atoms with van der Waals surface area (Å²) in [5.74, 6) is -0.189. The number of benzene rings is 1. The minimum atomic E-state index is -0.189. The standard InChI is InChI=1S/C17H13ClN2O2S/c18-12-6-2-1-4-10(12)13(21)8-20-9-19-16-15(17(20)22)11-5-3-7-14(11)23-16/h1-2,4,6,9H,3,5,7-8H2. The summed E-state index contributed by atoms with van der Waals surface area (Å²) in [6, 6.07) is 6.87. The van der Waals surface area contributed by atoms with Gasteiger partial charge in [-0.25, -0.2) is 4.98 Å². The van der Waals surface area contributed by atoms with Crippen LogP contribution in [-0.2, 0) is 19.4 Å². The van der Waals surface area contributed by atoms with E-state index < -0.39 is 0 Å². The molecule has 4 nitrogen and oxygen atoms in total. The van der Waals surface area contributed by atoms with Gasteiger partial charge in [0.2, 0.25) is 0 Å². The van der Waals surface area contributed by atoms with E-state index in [9.17, 15) is 9.59 Å². The first-order valence-electron chi connectivity index (χ1n) is 7.42. The second-order valence-corrected chi connectivity index (χ2v) is 7.11. The highest BCUT2D eigenvalue weighted by Crippen LogP contribution is 2.34. The molecule has 4 rings (SSSR count). The van der Waals surface area contributed by atoms with Gasteiger partial charge in [-0.1, -0.05) is 23.7 Å². The van der Waals surface area contributed by atoms with Crippen molar-refractivity contribution in [2.75, 3.05) is 0 Å². The van der Waals surface area contributed by atoms with E-state index in [1.54, 1.807) is 35.6 Å². The van der Waals surface area contributed by atoms with Crippen LogP contribution < -0.4 is 5.56 Å². The number of thiophene rings is 1. The first-order valence-corrected chi connectivity index (χ1v) is 8.62. The number of hydrogen-bond donors (Lipinski definition) is 0. The summed E-state index contributed by atoms with van der Waals surface area (Å²) in [4.78, 5) is 31.6. The molecule has 6 heteroatoms. The maximum absolute atomic E-state index is 12.7. The van der Waals surface area contributed by atoms with E-state index in [0.717, 1.165) is 29.7 Å². The van der Waals surface area contributed by atoms with Crippen LogP contribution in [-0.4, -0.2) is 15.3 Å². The summed E-state index contributed by atoms with van der Waals surface area (Å²) in [7, 11) is 0. The molecular weight excluding hydrogens is 332 g/mol. The Bertz CT molecular complexity index is 990. The molecule has 0 saturated heterocycles. The molecule has 1 aliphatic carbocycles. The van der Waals surface area contributed by atoms with Crippen molar-refractivity contribution in [1.29, 1.82) is 0 Å². The molecule has 1 aromatic carbocycles. The normalized spacial score (nSPS) is 13.4. The van der Waals surface area contributed by atoms with E-state index in [-0.39, 0.29) is 17.9 Å². The Balaban J connectivity index is 1.75. The fourth-order valence-electron chi connectivity index (χ4n) is 3.06. The van der Waals surface area contributed by atoms with Crippen molar-refractivity contribution in [2.45, 2.75) is 25.8 Å². The number of rotatable bonds is 3. The van der Waals surface area contributed by atoms with Crippen molar-refractivity contribution in [1.82, 2.24) is 9.55 Å². The van der Waals surface area contributed by atoms with Crippen molar-refractivity contribution in [3.05, 3.63) is 62.0 Å². The zero-order valence-corrected chi connectivity index (χ0v) is 13.8. The Morgan fingerprint density at radius 1 is 1.30 bits per heavy atom. The molecule has 3 aromatic rings. The number of halogens is 1. The maximum atomic E-state index is 12.7. The number of Topliss-reactive ketones (excluding diaryl/α,β-unsaturated/α-hetero) is 1. The Hall–Kier alpha value is -1.98. The van der Waals surface area contributed by atoms with Gasteiger partial charge in [-0.2, -0.15) is 0 Å². The number of hydrogen-bond acceptors (Lipinski definition) is 4. The maximum Gasteiger partial charge on any atom is 0.262 e. The predicted octanol–water partition coefficient (Wildman–Crippen LogP) is 3.48. The van der Waals surface area contributed by atoms with Crippen LogP contribution in [0.3, 0.4) is 0 Å². The molecule has 0 spiro atoms. The minimum absolute atomic E-state index is 0.0455. The van der Waals surface area contributed by atoms with E-state index >= 15 is 0 Å². The second kappa shape index (κ2) is 5.58. The third kappa shape index (κ3) is 2.40. The van der Waals surface area contributed by atoms with Gasteiger partial charge in [0.05, 0.1) is 23.3 Å². The molecule has 0 radical (unpaired) electrons. The molecular formula is C17H13ClN2O2S. The molecule has 23 heavy (non-hydrogen) atoms. The van der Waals surface area contributed by atoms with Crippen molar-refractivity contribution in [3.8, 4) is 0 Å². The summed E-state index contributed by atoms with van der Waals surface area (Å²) >= 11 is 7.65. The van der Waals surface area contributed by atoms with Gasteiger partial charge in [0, 0.05) is 10.4 Å². The lowest BCUT2D eigenvalue weighted by Crippen LogP contribution is -2.24. The lowest BCUT2D eigenvalue weighted by atomic mass is 10.1. The summed E-state index contributed by atoms with van der Waals surface area (Å²) in [6.45, 7) is -0.0455. The third-order valence-electron chi connectivity index (χ3n) is 4.18. The number of carbonyl (C=O) groups excluding carboxylic acids is 1. The Morgan fingerprint density at radius 2 is 2.13 bits per heavy atom. The molecule has 2 aromatic heterocycles. The molecule has 2 heterocycles. The van der Waals surface area contributed by atoms with Crippen LogP contribution >= 0.6 is 22.9 Å². The summed E-state index contributed by atoms with van der Waals surface area (Å²) in [5, 5.41) is 1.09. The Kier molecular flexibility index (Phi) is 3.54. The zero-order chi connectivity index (χ0) is 16.0. The van der Waals surface area contributed by atoms with E-state index in [1.807, 2.05) is 0 Å². The largest absolute Gasteiger partial charge is 0.292 e. The fourth-order valence-corrected chi connectivity index (χ4v) is 4.52. The molecule has 0 aliphatic heterocycles. The molecule has 116 valence electrons. The van der Waals surface area contributed by atoms with E-state index in [0.29, 0.717) is 16.0 Å². The van der Waals surface area contributed by atoms with Crippen LogP contribution in [0, 0.1) is 0 Å². The number of fused-ring (bicyclic) bond motifs is 3. The number of aromatic nitrogens is 2. The smallest absolute Gasteiger partial charge is 0.262 e. The average Bonchev–Trinajstić information content (AvgIpc) is 3.11. The number of aryl methyl sites for hydroxylation is 2. The van der Waals surface area contributed by atoms with Gasteiger partial charge in [0.15, 0.2) is 5.78 Å². The highest BCUT2D eigenvalue weighted by atomic mass is 35.5. The van der Waals surface area contributed by atoms with Crippen LogP contribution in [0.5, 0.6) is 0 Å². The van der Waals surface area contributed by atoms with Crippen LogP contribution in [0.25, 0.3) is 10.2 Å². The van der Waals surface area contributed by atoms with E-state index in [2.05, 4.69) is 4.98 Å². The van der Waals surface area contributed by atoms with E-state index in [1.165, 1.54) is 15.8 Å². The van der Waals surface area contributed by atoms with Gasteiger partial charge in [-0.3, -0.25) is 14.2 Å². The first kappa shape index (κ1) is 14.6. The molecule has 0 fully saturated rings. The molecule has 0 saturated carbocycles. The van der Waals surface area contributed by atoms with Gasteiger partial charge in [-0.15, -0.1) is 11.3 Å². The van der Waals surface area contributed by atoms with Gasteiger partial charge < -0.3 is 0 Å². The van der Waals surface area contributed by atoms with Crippen LogP contribution in [0.1, 0.15) is 27.2 Å². The average molecular weight is 345 g/mol. The van der Waals surface area contributed by atoms with Crippen LogP contribution in [0.15, 0.2) is 35.4 Å². The SMILES string of the molecule is O=C(Cn1cnc2sc3c(c2c1=O)CCC3)c1ccccc1Cl. The van der Waals surface area contributed by atoms with Gasteiger partial charge >= 0.3 is 0 Å². The monoisotopic (exact) mass is 344 g/mol. The van der Waals surface area contributed by atoms with Crippen LogP contribution in [0.2, 0.25) is 5.02 Å². The Labute approximate surface area is 141 Å². The molecule has 0 unspecified atom stereocenters. The molecule has 1 aliphatic rings. The number of carbonyl (C=O) groups is 1. The van der Waals surface area contributed by atoms with Crippen molar-refractivity contribution < 1.29 is 4.79 Å². The summed E-state index contributed by atoms with van der Waals surface area (Å²) < 4.78 is 1.39. The zero-order valence-electron chi connectivity index (χ0n) is 12.2.